The predicted molar refractivity (Wildman–Crippen MR) is 89.6 cm³/mol. The summed E-state index contributed by atoms with van der Waals surface area (Å²) in [5.74, 6) is 0.628. The fraction of sp³-hybridized carbons (Fsp3) is 0.125. The van der Waals surface area contributed by atoms with Crippen LogP contribution in [0.15, 0.2) is 59.8 Å². The Balaban J connectivity index is 1.54. The normalized spacial score (nSPS) is 10.6. The highest BCUT2D eigenvalue weighted by molar-refractivity contribution is 7.98. The minimum atomic E-state index is -0.210. The summed E-state index contributed by atoms with van der Waals surface area (Å²) in [5, 5.41) is 4.56. The Morgan fingerprint density at radius 3 is 2.64 bits per heavy atom. The van der Waals surface area contributed by atoms with Gasteiger partial charge in [0.2, 0.25) is 10.3 Å². The van der Waals surface area contributed by atoms with E-state index in [4.69, 9.17) is 0 Å². The number of nitrogens with one attached hydrogen (secondary N) is 1. The SMILES string of the molecule is Fc1ccccc1CNc1nc(SCc2ccccc2)ns1. The number of benzene rings is 2. The van der Waals surface area contributed by atoms with Crippen molar-refractivity contribution >= 4 is 28.4 Å². The summed E-state index contributed by atoms with van der Waals surface area (Å²) in [6, 6.07) is 16.9. The zero-order valence-corrected chi connectivity index (χ0v) is 13.3. The summed E-state index contributed by atoms with van der Waals surface area (Å²) in [5.41, 5.74) is 1.86. The summed E-state index contributed by atoms with van der Waals surface area (Å²) in [6.07, 6.45) is 0. The Bertz CT molecular complexity index is 731. The molecule has 0 unspecified atom stereocenters. The highest BCUT2D eigenvalue weighted by Gasteiger charge is 2.06. The van der Waals surface area contributed by atoms with E-state index in [0.717, 1.165) is 10.9 Å². The molecule has 0 fully saturated rings. The molecular weight excluding hydrogens is 317 g/mol. The van der Waals surface area contributed by atoms with E-state index in [9.17, 15) is 4.39 Å². The fourth-order valence-electron chi connectivity index (χ4n) is 1.88. The van der Waals surface area contributed by atoms with Gasteiger partial charge in [0.1, 0.15) is 5.82 Å². The van der Waals surface area contributed by atoms with Crippen molar-refractivity contribution in [3.05, 3.63) is 71.5 Å². The van der Waals surface area contributed by atoms with E-state index in [-0.39, 0.29) is 5.82 Å². The van der Waals surface area contributed by atoms with Gasteiger partial charge in [0, 0.05) is 29.4 Å². The van der Waals surface area contributed by atoms with Crippen LogP contribution in [0.1, 0.15) is 11.1 Å². The smallest absolute Gasteiger partial charge is 0.203 e. The molecule has 2 aromatic carbocycles. The molecule has 22 heavy (non-hydrogen) atoms. The van der Waals surface area contributed by atoms with Crippen molar-refractivity contribution in [3.63, 3.8) is 0 Å². The summed E-state index contributed by atoms with van der Waals surface area (Å²) < 4.78 is 17.8. The van der Waals surface area contributed by atoms with Gasteiger partial charge in [-0.2, -0.15) is 9.36 Å². The topological polar surface area (TPSA) is 37.8 Å². The highest BCUT2D eigenvalue weighted by Crippen LogP contribution is 2.24. The molecule has 3 aromatic rings. The highest BCUT2D eigenvalue weighted by atomic mass is 32.2. The first-order valence-corrected chi connectivity index (χ1v) is 8.55. The minimum absolute atomic E-state index is 0.210. The van der Waals surface area contributed by atoms with Gasteiger partial charge < -0.3 is 5.32 Å². The summed E-state index contributed by atoms with van der Waals surface area (Å²) in [6.45, 7) is 0.407. The van der Waals surface area contributed by atoms with Gasteiger partial charge in [0.25, 0.3) is 0 Å². The standard InChI is InChI=1S/C16H14FN3S2/c17-14-9-5-4-8-13(14)10-18-15-19-16(20-22-15)21-11-12-6-2-1-3-7-12/h1-9H,10-11H2,(H,18,19,20). The molecule has 0 amide bonds. The average Bonchev–Trinajstić information content (AvgIpc) is 3.01. The number of hydrogen-bond donors (Lipinski definition) is 1. The van der Waals surface area contributed by atoms with Crippen LogP contribution in [-0.4, -0.2) is 9.36 Å². The molecule has 0 aliphatic heterocycles. The van der Waals surface area contributed by atoms with Crippen LogP contribution in [-0.2, 0) is 12.3 Å². The summed E-state index contributed by atoms with van der Waals surface area (Å²) in [4.78, 5) is 4.41. The summed E-state index contributed by atoms with van der Waals surface area (Å²) in [7, 11) is 0. The quantitative estimate of drug-likeness (QED) is 0.671. The van der Waals surface area contributed by atoms with Crippen molar-refractivity contribution in [2.45, 2.75) is 17.5 Å². The molecule has 0 saturated heterocycles. The van der Waals surface area contributed by atoms with Crippen LogP contribution < -0.4 is 5.32 Å². The Morgan fingerprint density at radius 2 is 1.82 bits per heavy atom. The van der Waals surface area contributed by atoms with E-state index >= 15 is 0 Å². The van der Waals surface area contributed by atoms with Crippen molar-refractivity contribution in [2.75, 3.05) is 5.32 Å². The van der Waals surface area contributed by atoms with Gasteiger partial charge in [-0.15, -0.1) is 0 Å². The summed E-state index contributed by atoms with van der Waals surface area (Å²) >= 11 is 2.89. The number of nitrogens with zero attached hydrogens (tertiary/aromatic N) is 2. The molecule has 1 heterocycles. The van der Waals surface area contributed by atoms with Crippen LogP contribution in [0.25, 0.3) is 0 Å². The zero-order chi connectivity index (χ0) is 15.2. The molecule has 6 heteroatoms. The molecule has 0 bridgehead atoms. The lowest BCUT2D eigenvalue weighted by molar-refractivity contribution is 0.613. The Morgan fingerprint density at radius 1 is 1.05 bits per heavy atom. The molecule has 0 atom stereocenters. The third kappa shape index (κ3) is 4.05. The van der Waals surface area contributed by atoms with Crippen LogP contribution in [0.4, 0.5) is 9.52 Å². The molecule has 0 radical (unpaired) electrons. The lowest BCUT2D eigenvalue weighted by Crippen LogP contribution is -2.01. The first kappa shape index (κ1) is 15.0. The van der Waals surface area contributed by atoms with Crippen LogP contribution in [0.5, 0.6) is 0 Å². The van der Waals surface area contributed by atoms with Crippen molar-refractivity contribution in [3.8, 4) is 0 Å². The third-order valence-electron chi connectivity index (χ3n) is 3.01. The van der Waals surface area contributed by atoms with Gasteiger partial charge in [-0.1, -0.05) is 60.3 Å². The molecule has 0 aliphatic rings. The maximum absolute atomic E-state index is 13.5. The Hall–Kier alpha value is -1.92. The number of hydrogen-bond acceptors (Lipinski definition) is 5. The number of halogens is 1. The first-order valence-electron chi connectivity index (χ1n) is 6.79. The lowest BCUT2D eigenvalue weighted by atomic mass is 10.2. The van der Waals surface area contributed by atoms with Gasteiger partial charge in [0.05, 0.1) is 0 Å². The van der Waals surface area contributed by atoms with Crippen molar-refractivity contribution in [1.82, 2.24) is 9.36 Å². The Labute approximate surface area is 136 Å². The van der Waals surface area contributed by atoms with Gasteiger partial charge in [0.15, 0.2) is 0 Å². The molecule has 3 nitrogen and oxygen atoms in total. The van der Waals surface area contributed by atoms with Crippen LogP contribution in [0, 0.1) is 5.82 Å². The molecule has 0 spiro atoms. The maximum Gasteiger partial charge on any atom is 0.203 e. The van der Waals surface area contributed by atoms with Gasteiger partial charge in [-0.25, -0.2) is 4.39 Å². The van der Waals surface area contributed by atoms with Crippen LogP contribution in [0.2, 0.25) is 0 Å². The van der Waals surface area contributed by atoms with Crippen molar-refractivity contribution in [2.24, 2.45) is 0 Å². The predicted octanol–water partition coefficient (Wildman–Crippen LogP) is 4.58. The van der Waals surface area contributed by atoms with Crippen molar-refractivity contribution < 1.29 is 4.39 Å². The van der Waals surface area contributed by atoms with E-state index in [2.05, 4.69) is 26.8 Å². The van der Waals surface area contributed by atoms with Gasteiger partial charge in [-0.05, 0) is 11.6 Å². The lowest BCUT2D eigenvalue weighted by Gasteiger charge is -2.03. The second kappa shape index (κ2) is 7.38. The molecular formula is C16H14FN3S2. The maximum atomic E-state index is 13.5. The van der Waals surface area contributed by atoms with E-state index in [1.807, 2.05) is 24.3 Å². The average molecular weight is 331 g/mol. The second-order valence-corrected chi connectivity index (χ2v) is 6.30. The molecule has 112 valence electrons. The van der Waals surface area contributed by atoms with Gasteiger partial charge >= 0.3 is 0 Å². The largest absolute Gasteiger partial charge is 0.356 e. The Kier molecular flexibility index (Phi) is 5.03. The number of aromatic nitrogens is 2. The minimum Gasteiger partial charge on any atom is -0.356 e. The molecule has 1 aromatic heterocycles. The number of rotatable bonds is 6. The molecule has 1 N–H and O–H groups in total. The molecule has 3 rings (SSSR count). The molecule has 0 saturated carbocycles. The van der Waals surface area contributed by atoms with Gasteiger partial charge in [-0.3, -0.25) is 0 Å². The number of anilines is 1. The van der Waals surface area contributed by atoms with E-state index in [1.165, 1.54) is 23.2 Å². The fourth-order valence-corrected chi connectivity index (χ4v) is 3.37. The molecule has 0 aliphatic carbocycles. The van der Waals surface area contributed by atoms with Crippen LogP contribution >= 0.6 is 23.3 Å². The third-order valence-corrected chi connectivity index (χ3v) is 4.71. The second-order valence-electron chi connectivity index (χ2n) is 4.60. The van der Waals surface area contributed by atoms with E-state index < -0.39 is 0 Å². The van der Waals surface area contributed by atoms with E-state index in [1.54, 1.807) is 23.9 Å². The zero-order valence-electron chi connectivity index (χ0n) is 11.7. The monoisotopic (exact) mass is 331 g/mol. The van der Waals surface area contributed by atoms with Crippen molar-refractivity contribution in [1.29, 1.82) is 0 Å². The first-order chi connectivity index (χ1) is 10.8. The van der Waals surface area contributed by atoms with E-state index in [0.29, 0.717) is 17.2 Å². The van der Waals surface area contributed by atoms with Crippen LogP contribution in [0.3, 0.4) is 0 Å². The number of thioether (sulfide) groups is 1.